The second-order valence-electron chi connectivity index (χ2n) is 16.2. The summed E-state index contributed by atoms with van der Waals surface area (Å²) in [4.78, 5) is 74.7. The van der Waals surface area contributed by atoms with Crippen molar-refractivity contribution in [1.82, 2.24) is 35.1 Å². The topological polar surface area (TPSA) is 197 Å². The molecule has 2 unspecified atom stereocenters. The number of anilines is 4. The van der Waals surface area contributed by atoms with E-state index in [9.17, 15) is 19.2 Å². The summed E-state index contributed by atoms with van der Waals surface area (Å²) in [6.45, 7) is 15.2. The maximum absolute atomic E-state index is 13.6. The number of pyridine rings is 2. The predicted molar refractivity (Wildman–Crippen MR) is 248 cm³/mol. The monoisotopic (exact) mass is 881 g/mol. The lowest BCUT2D eigenvalue weighted by atomic mass is 10.0. The molecule has 1 saturated heterocycles. The number of benzene rings is 1. The van der Waals surface area contributed by atoms with Crippen molar-refractivity contribution in [2.75, 3.05) is 87.8 Å². The minimum absolute atomic E-state index is 0.0144. The number of rotatable bonds is 19. The van der Waals surface area contributed by atoms with E-state index in [1.165, 1.54) is 18.7 Å². The number of fused-ring (bicyclic) bond motifs is 1. The van der Waals surface area contributed by atoms with Crippen molar-refractivity contribution in [3.05, 3.63) is 75.8 Å². The van der Waals surface area contributed by atoms with Gasteiger partial charge in [0, 0.05) is 68.7 Å². The summed E-state index contributed by atoms with van der Waals surface area (Å²) in [5.41, 5.74) is 2.99. The number of hydrogen-bond acceptors (Lipinski definition) is 15. The summed E-state index contributed by atoms with van der Waals surface area (Å²) in [5, 5.41) is 14.0. The Morgan fingerprint density at radius 1 is 0.889 bits per heavy atom. The van der Waals surface area contributed by atoms with Crippen LogP contribution in [0.2, 0.25) is 0 Å². The number of nitrogens with one attached hydrogen (secondary N) is 4. The van der Waals surface area contributed by atoms with Gasteiger partial charge in [0.2, 0.25) is 11.9 Å². The van der Waals surface area contributed by atoms with Crippen LogP contribution in [0.25, 0.3) is 11.0 Å². The number of ketones is 1. The number of amidine groups is 1. The van der Waals surface area contributed by atoms with Crippen LogP contribution in [0.15, 0.2) is 58.6 Å². The number of Topliss-reactive ketones (excluding diaryl/α,β-unsaturated/α-hetero) is 1. The van der Waals surface area contributed by atoms with Crippen molar-refractivity contribution in [2.24, 2.45) is 4.99 Å². The van der Waals surface area contributed by atoms with Gasteiger partial charge in [0.05, 0.1) is 67.6 Å². The molecule has 0 radical (unpaired) electrons. The lowest BCUT2D eigenvalue weighted by Gasteiger charge is -2.36. The zero-order chi connectivity index (χ0) is 44.3. The van der Waals surface area contributed by atoms with E-state index in [1.54, 1.807) is 42.0 Å². The highest BCUT2D eigenvalue weighted by atomic mass is 32.2. The van der Waals surface area contributed by atoms with E-state index in [1.807, 2.05) is 25.3 Å². The van der Waals surface area contributed by atoms with Gasteiger partial charge in [-0.15, -0.1) is 0 Å². The molecule has 17 nitrogen and oxygen atoms in total. The van der Waals surface area contributed by atoms with Crippen LogP contribution in [0, 0.1) is 6.92 Å². The Bertz CT molecular complexity index is 2330. The van der Waals surface area contributed by atoms with Crippen LogP contribution in [0.3, 0.4) is 0 Å². The number of aliphatic imine (C=N–C) groups is 1. The van der Waals surface area contributed by atoms with Crippen molar-refractivity contribution in [3.63, 3.8) is 0 Å². The van der Waals surface area contributed by atoms with Crippen LogP contribution in [0.1, 0.15) is 85.2 Å². The van der Waals surface area contributed by atoms with Crippen LogP contribution in [0.5, 0.6) is 0 Å². The molecule has 18 heteroatoms. The molecule has 0 spiro atoms. The first-order valence-corrected chi connectivity index (χ1v) is 22.9. The molecule has 3 aliphatic rings. The molecule has 7 rings (SSSR count). The number of amides is 2. The molecule has 4 N–H and O–H groups in total. The first-order valence-electron chi connectivity index (χ1n) is 22.0. The highest BCUT2D eigenvalue weighted by Gasteiger charge is 2.27. The van der Waals surface area contributed by atoms with Gasteiger partial charge in [-0.3, -0.25) is 33.6 Å². The number of carbonyl (C=O) groups is 3. The second-order valence-corrected chi connectivity index (χ2v) is 17.6. The number of thioether (sulfide) groups is 1. The molecule has 2 amide bonds. The molecule has 1 aliphatic carbocycles. The van der Waals surface area contributed by atoms with Crippen LogP contribution in [-0.2, 0) is 14.3 Å². The van der Waals surface area contributed by atoms with Gasteiger partial charge in [0.1, 0.15) is 11.5 Å². The SMILES string of the molecule is CC(=O)c1c(C)c2cnc(Nc3ccc(N4CCN(CCNCCOCCOCCC(=O)Nc5ccccc5C(=O)NC5=NC(C)C(C)S5)CC4)cn3)nc2n(C2CCCC2)c1=O. The van der Waals surface area contributed by atoms with Crippen molar-refractivity contribution in [1.29, 1.82) is 0 Å². The molecule has 0 bridgehead atoms. The number of nitrogens with zero attached hydrogens (tertiary/aromatic N) is 7. The molecule has 336 valence electrons. The fraction of sp³-hybridized carbons (Fsp3) is 0.511. The highest BCUT2D eigenvalue weighted by Crippen LogP contribution is 2.32. The van der Waals surface area contributed by atoms with E-state index >= 15 is 0 Å². The highest BCUT2D eigenvalue weighted by molar-refractivity contribution is 8.14. The number of piperazine rings is 1. The third-order valence-electron chi connectivity index (χ3n) is 11.8. The largest absolute Gasteiger partial charge is 0.379 e. The maximum Gasteiger partial charge on any atom is 0.263 e. The molecule has 2 fully saturated rings. The van der Waals surface area contributed by atoms with Crippen LogP contribution in [0.4, 0.5) is 23.1 Å². The number of hydrogen-bond donors (Lipinski definition) is 4. The van der Waals surface area contributed by atoms with Gasteiger partial charge < -0.3 is 35.6 Å². The average Bonchev–Trinajstić information content (AvgIpc) is 3.92. The minimum Gasteiger partial charge on any atom is -0.379 e. The van der Waals surface area contributed by atoms with Gasteiger partial charge in [-0.2, -0.15) is 4.98 Å². The van der Waals surface area contributed by atoms with E-state index in [-0.39, 0.29) is 53.8 Å². The van der Waals surface area contributed by atoms with Crippen LogP contribution in [-0.4, -0.2) is 131 Å². The first kappa shape index (κ1) is 45.7. The average molecular weight is 882 g/mol. The zero-order valence-electron chi connectivity index (χ0n) is 36.7. The first-order chi connectivity index (χ1) is 30.5. The van der Waals surface area contributed by atoms with Gasteiger partial charge in [-0.1, -0.05) is 43.7 Å². The molecular formula is C45H59N11O6S. The van der Waals surface area contributed by atoms with Crippen molar-refractivity contribution in [2.45, 2.75) is 77.1 Å². The Balaban J connectivity index is 0.746. The molecule has 2 atom stereocenters. The Hall–Kier alpha value is -5.27. The summed E-state index contributed by atoms with van der Waals surface area (Å²) in [7, 11) is 0. The summed E-state index contributed by atoms with van der Waals surface area (Å²) < 4.78 is 13.0. The molecule has 63 heavy (non-hydrogen) atoms. The van der Waals surface area contributed by atoms with Gasteiger partial charge in [0.25, 0.3) is 11.5 Å². The van der Waals surface area contributed by atoms with Gasteiger partial charge >= 0.3 is 0 Å². The second kappa shape index (κ2) is 21.9. The van der Waals surface area contributed by atoms with Crippen molar-refractivity contribution < 1.29 is 23.9 Å². The number of carbonyl (C=O) groups excluding carboxylic acids is 3. The molecule has 1 aromatic carbocycles. The third-order valence-corrected chi connectivity index (χ3v) is 13.0. The van der Waals surface area contributed by atoms with Crippen molar-refractivity contribution >= 4 is 68.7 Å². The maximum atomic E-state index is 13.6. The van der Waals surface area contributed by atoms with Gasteiger partial charge in [-0.05, 0) is 63.4 Å². The fourth-order valence-corrected chi connectivity index (χ4v) is 9.11. The standard InChI is InChI=1S/C45H59N11O6S/c1-29-36-28-48-44(52-41(36)56(33-9-5-6-10-33)43(60)40(29)31(3)57)51-38-14-13-34(27-47-38)55-21-19-54(20-22-55)18-16-46-17-24-62-26-25-61-23-15-39(58)50-37-12-8-7-11-35(37)42(59)53-45-49-30(2)32(4)63-45/h7-8,11-14,27-28,30,32-33,46H,5-6,9-10,15-26H2,1-4H3,(H,50,58)(H,49,53,59)(H,47,48,51,52). The Labute approximate surface area is 372 Å². The Morgan fingerprint density at radius 3 is 2.37 bits per heavy atom. The number of para-hydroxylation sites is 1. The minimum atomic E-state index is -0.306. The Morgan fingerprint density at radius 2 is 1.65 bits per heavy atom. The molecule has 1 saturated carbocycles. The van der Waals surface area contributed by atoms with Crippen LogP contribution < -0.4 is 31.7 Å². The fourth-order valence-electron chi connectivity index (χ4n) is 8.12. The predicted octanol–water partition coefficient (Wildman–Crippen LogP) is 4.94. The molecule has 3 aromatic heterocycles. The normalized spacial score (nSPS) is 18.2. The number of aryl methyl sites for hydroxylation is 1. The third kappa shape index (κ3) is 11.9. The lowest BCUT2D eigenvalue weighted by Crippen LogP contribution is -2.48. The van der Waals surface area contributed by atoms with Gasteiger partial charge in [0.15, 0.2) is 11.0 Å². The van der Waals surface area contributed by atoms with E-state index < -0.39 is 0 Å². The molecular weight excluding hydrogens is 823 g/mol. The quantitative estimate of drug-likeness (QED) is 0.0730. The number of aromatic nitrogens is 4. The van der Waals surface area contributed by atoms with Gasteiger partial charge in [-0.25, -0.2) is 9.97 Å². The smallest absolute Gasteiger partial charge is 0.263 e. The summed E-state index contributed by atoms with van der Waals surface area (Å²) in [5.74, 6) is 0.174. The van der Waals surface area contributed by atoms with E-state index in [4.69, 9.17) is 14.5 Å². The van der Waals surface area contributed by atoms with Crippen molar-refractivity contribution in [3.8, 4) is 0 Å². The lowest BCUT2D eigenvalue weighted by molar-refractivity contribution is -0.117. The van der Waals surface area contributed by atoms with E-state index in [2.05, 4.69) is 53.0 Å². The summed E-state index contributed by atoms with van der Waals surface area (Å²) in [6.07, 6.45) is 7.57. The zero-order valence-corrected chi connectivity index (χ0v) is 37.5. The Kier molecular flexibility index (Phi) is 15.9. The van der Waals surface area contributed by atoms with E-state index in [0.29, 0.717) is 69.9 Å². The summed E-state index contributed by atoms with van der Waals surface area (Å²) >= 11 is 1.53. The van der Waals surface area contributed by atoms with E-state index in [0.717, 1.165) is 77.2 Å². The van der Waals surface area contributed by atoms with Crippen LogP contribution >= 0.6 is 11.8 Å². The molecule has 4 aromatic rings. The summed E-state index contributed by atoms with van der Waals surface area (Å²) in [6, 6.07) is 11.0. The molecule has 5 heterocycles. The molecule has 2 aliphatic heterocycles. The number of ether oxygens (including phenoxy) is 2.